The quantitative estimate of drug-likeness (QED) is 0.865. The van der Waals surface area contributed by atoms with Gasteiger partial charge >= 0.3 is 5.97 Å². The number of rotatable bonds is 3. The van der Waals surface area contributed by atoms with E-state index in [1.807, 2.05) is 19.1 Å². The normalized spacial score (nSPS) is 10.1. The lowest BCUT2D eigenvalue weighted by molar-refractivity contribution is 0.0687. The van der Waals surface area contributed by atoms with E-state index >= 15 is 0 Å². The molecule has 2 aromatic rings. The third-order valence-corrected chi connectivity index (χ3v) is 2.50. The van der Waals surface area contributed by atoms with E-state index in [9.17, 15) is 9.59 Å². The maximum Gasteiger partial charge on any atom is 0.354 e. The molecule has 0 unspecified atom stereocenters. The van der Waals surface area contributed by atoms with Crippen LogP contribution < -0.4 is 5.43 Å². The first-order chi connectivity index (χ1) is 8.58. The van der Waals surface area contributed by atoms with Crippen molar-refractivity contribution in [2.75, 3.05) is 5.43 Å². The van der Waals surface area contributed by atoms with Crippen LogP contribution in [0, 0.1) is 6.92 Å². The number of nitrogens with one attached hydrogen (secondary N) is 1. The summed E-state index contributed by atoms with van der Waals surface area (Å²) in [6.45, 7) is 1.93. The molecule has 0 bridgehead atoms. The molecule has 5 heteroatoms. The number of benzene rings is 1. The van der Waals surface area contributed by atoms with Gasteiger partial charge in [-0.05, 0) is 31.2 Å². The van der Waals surface area contributed by atoms with Gasteiger partial charge in [0.2, 0.25) is 0 Å². The number of amides is 1. The van der Waals surface area contributed by atoms with Gasteiger partial charge in [-0.2, -0.15) is 0 Å². The zero-order valence-electron chi connectivity index (χ0n) is 9.75. The highest BCUT2D eigenvalue weighted by Crippen LogP contribution is 2.05. The molecule has 0 aliphatic rings. The maximum absolute atomic E-state index is 11.9. The molecule has 1 aromatic carbocycles. The van der Waals surface area contributed by atoms with Crippen molar-refractivity contribution in [3.63, 3.8) is 0 Å². The molecular formula is C13H12N2O3. The molecule has 1 aromatic heterocycles. The Morgan fingerprint density at radius 1 is 1.17 bits per heavy atom. The predicted molar refractivity (Wildman–Crippen MR) is 66.3 cm³/mol. The van der Waals surface area contributed by atoms with Crippen LogP contribution in [-0.4, -0.2) is 21.7 Å². The molecule has 0 aliphatic heterocycles. The monoisotopic (exact) mass is 244 g/mol. The molecule has 0 radical (unpaired) electrons. The second-order valence-electron chi connectivity index (χ2n) is 3.88. The fraction of sp³-hybridized carbons (Fsp3) is 0.0769. The van der Waals surface area contributed by atoms with Crippen molar-refractivity contribution in [1.29, 1.82) is 0 Å². The summed E-state index contributed by atoms with van der Waals surface area (Å²) in [4.78, 5) is 22.7. The van der Waals surface area contributed by atoms with Gasteiger partial charge < -0.3 is 5.11 Å². The van der Waals surface area contributed by atoms with E-state index in [1.54, 1.807) is 18.2 Å². The van der Waals surface area contributed by atoms with Crippen molar-refractivity contribution in [3.05, 3.63) is 59.4 Å². The van der Waals surface area contributed by atoms with Gasteiger partial charge in [-0.3, -0.25) is 14.9 Å². The zero-order valence-corrected chi connectivity index (χ0v) is 9.75. The fourth-order valence-electron chi connectivity index (χ4n) is 1.53. The summed E-state index contributed by atoms with van der Waals surface area (Å²) >= 11 is 0. The van der Waals surface area contributed by atoms with Gasteiger partial charge in [-0.1, -0.05) is 17.7 Å². The molecule has 18 heavy (non-hydrogen) atoms. The van der Waals surface area contributed by atoms with Crippen LogP contribution in [0.5, 0.6) is 0 Å². The van der Waals surface area contributed by atoms with Gasteiger partial charge in [0.15, 0.2) is 0 Å². The summed E-state index contributed by atoms with van der Waals surface area (Å²) in [6, 6.07) is 9.99. The van der Waals surface area contributed by atoms with Gasteiger partial charge in [0.25, 0.3) is 5.91 Å². The second-order valence-corrected chi connectivity index (χ2v) is 3.88. The van der Waals surface area contributed by atoms with Crippen molar-refractivity contribution in [2.45, 2.75) is 6.92 Å². The summed E-state index contributed by atoms with van der Waals surface area (Å²) < 4.78 is 1.19. The number of carbonyl (C=O) groups excluding carboxylic acids is 1. The fourth-order valence-corrected chi connectivity index (χ4v) is 1.53. The van der Waals surface area contributed by atoms with E-state index in [2.05, 4.69) is 5.43 Å². The first-order valence-electron chi connectivity index (χ1n) is 5.36. The lowest BCUT2D eigenvalue weighted by atomic mass is 10.1. The minimum Gasteiger partial charge on any atom is -0.477 e. The van der Waals surface area contributed by atoms with E-state index < -0.39 is 5.97 Å². The third kappa shape index (κ3) is 2.40. The van der Waals surface area contributed by atoms with E-state index in [1.165, 1.54) is 16.9 Å². The average molecular weight is 244 g/mol. The van der Waals surface area contributed by atoms with Crippen LogP contribution in [0.2, 0.25) is 0 Å². The van der Waals surface area contributed by atoms with Gasteiger partial charge in [0, 0.05) is 11.8 Å². The molecule has 0 fully saturated rings. The van der Waals surface area contributed by atoms with Crippen molar-refractivity contribution >= 4 is 11.9 Å². The van der Waals surface area contributed by atoms with E-state index in [0.717, 1.165) is 5.56 Å². The van der Waals surface area contributed by atoms with Crippen molar-refractivity contribution in [3.8, 4) is 0 Å². The first-order valence-corrected chi connectivity index (χ1v) is 5.36. The summed E-state index contributed by atoms with van der Waals surface area (Å²) in [7, 11) is 0. The van der Waals surface area contributed by atoms with Crippen LogP contribution in [0.3, 0.4) is 0 Å². The molecule has 0 spiro atoms. The summed E-state index contributed by atoms with van der Waals surface area (Å²) in [5, 5.41) is 8.90. The Balaban J connectivity index is 2.19. The number of nitrogens with zero attached hydrogens (tertiary/aromatic N) is 1. The van der Waals surface area contributed by atoms with Crippen LogP contribution in [0.25, 0.3) is 0 Å². The first kappa shape index (κ1) is 11.9. The molecule has 2 rings (SSSR count). The predicted octanol–water partition coefficient (Wildman–Crippen LogP) is 1.88. The number of carbonyl (C=O) groups is 2. The molecule has 0 saturated heterocycles. The van der Waals surface area contributed by atoms with Crippen LogP contribution >= 0.6 is 0 Å². The highest BCUT2D eigenvalue weighted by molar-refractivity contribution is 6.00. The number of aromatic carboxylic acids is 1. The number of hydrogen-bond donors (Lipinski definition) is 2. The van der Waals surface area contributed by atoms with Gasteiger partial charge in [-0.25, -0.2) is 4.79 Å². The smallest absolute Gasteiger partial charge is 0.354 e. The molecule has 5 nitrogen and oxygen atoms in total. The Labute approximate surface area is 104 Å². The largest absolute Gasteiger partial charge is 0.477 e. The van der Waals surface area contributed by atoms with Crippen molar-refractivity contribution < 1.29 is 14.7 Å². The highest BCUT2D eigenvalue weighted by atomic mass is 16.4. The van der Waals surface area contributed by atoms with Crippen LogP contribution in [0.15, 0.2) is 42.6 Å². The van der Waals surface area contributed by atoms with E-state index in [-0.39, 0.29) is 11.6 Å². The Hall–Kier alpha value is -2.56. The van der Waals surface area contributed by atoms with Gasteiger partial charge in [0.1, 0.15) is 5.69 Å². The number of aryl methyl sites for hydroxylation is 1. The number of carboxylic acids is 1. The average Bonchev–Trinajstić information content (AvgIpc) is 2.78. The minimum absolute atomic E-state index is 0.00969. The molecule has 92 valence electrons. The lowest BCUT2D eigenvalue weighted by Crippen LogP contribution is -2.25. The number of hydrogen-bond acceptors (Lipinski definition) is 2. The Morgan fingerprint density at radius 2 is 1.83 bits per heavy atom. The molecule has 2 N–H and O–H groups in total. The van der Waals surface area contributed by atoms with Gasteiger partial charge in [-0.15, -0.1) is 0 Å². The molecule has 1 heterocycles. The van der Waals surface area contributed by atoms with Gasteiger partial charge in [0.05, 0.1) is 0 Å². The number of carboxylic acid groups (broad SMARTS) is 1. The molecule has 0 aliphatic carbocycles. The SMILES string of the molecule is Cc1ccc(C(=O)Nn2cccc2C(=O)O)cc1. The highest BCUT2D eigenvalue weighted by Gasteiger charge is 2.11. The van der Waals surface area contributed by atoms with Crippen molar-refractivity contribution in [2.24, 2.45) is 0 Å². The summed E-state index contributed by atoms with van der Waals surface area (Å²) in [6.07, 6.45) is 1.48. The van der Waals surface area contributed by atoms with E-state index in [0.29, 0.717) is 5.56 Å². The van der Waals surface area contributed by atoms with Crippen LogP contribution in [-0.2, 0) is 0 Å². The molecule has 0 saturated carbocycles. The Morgan fingerprint density at radius 3 is 2.44 bits per heavy atom. The Bertz CT molecular complexity index is 585. The standard InChI is InChI=1S/C13H12N2O3/c1-9-4-6-10(7-5-9)12(16)14-15-8-2-3-11(15)13(17)18/h2-8H,1H3,(H,14,16)(H,17,18). The topological polar surface area (TPSA) is 71.3 Å². The molecule has 1 amide bonds. The second kappa shape index (κ2) is 4.75. The third-order valence-electron chi connectivity index (χ3n) is 2.50. The maximum atomic E-state index is 11.9. The van der Waals surface area contributed by atoms with Crippen LogP contribution in [0.1, 0.15) is 26.4 Å². The Kier molecular flexibility index (Phi) is 3.14. The number of aromatic nitrogens is 1. The van der Waals surface area contributed by atoms with Crippen LogP contribution in [0.4, 0.5) is 0 Å². The summed E-state index contributed by atoms with van der Waals surface area (Å²) in [5.74, 6) is -1.45. The zero-order chi connectivity index (χ0) is 13.1. The van der Waals surface area contributed by atoms with Crippen molar-refractivity contribution in [1.82, 2.24) is 4.68 Å². The summed E-state index contributed by atoms with van der Waals surface area (Å²) in [5.41, 5.74) is 4.05. The molecular weight excluding hydrogens is 232 g/mol. The molecule has 0 atom stereocenters. The minimum atomic E-state index is -1.09. The lowest BCUT2D eigenvalue weighted by Gasteiger charge is -2.08. The van der Waals surface area contributed by atoms with E-state index in [4.69, 9.17) is 5.11 Å².